The topological polar surface area (TPSA) is 97.9 Å². The molecule has 1 aromatic carbocycles. The molecule has 2 saturated heterocycles. The summed E-state index contributed by atoms with van der Waals surface area (Å²) in [5.41, 5.74) is 0.711. The van der Waals surface area contributed by atoms with Crippen LogP contribution in [0.2, 0.25) is 0 Å². The molecule has 3 N–H and O–H groups in total. The number of fused-ring (bicyclic) bond motifs is 1. The summed E-state index contributed by atoms with van der Waals surface area (Å²) in [5, 5.41) is 8.61. The first-order chi connectivity index (χ1) is 13.7. The number of carbonyl (C=O) groups is 2. The number of benzene rings is 1. The molecular formula is C20H27N3O5. The van der Waals surface area contributed by atoms with E-state index in [1.165, 1.54) is 6.42 Å². The Morgan fingerprint density at radius 3 is 2.46 bits per heavy atom. The van der Waals surface area contributed by atoms with Gasteiger partial charge in [-0.15, -0.1) is 0 Å². The monoisotopic (exact) mass is 389 g/mol. The predicted octanol–water partition coefficient (Wildman–Crippen LogP) is 2.40. The normalized spacial score (nSPS) is 29.7. The number of rotatable bonds is 4. The Bertz CT molecular complexity index is 680. The van der Waals surface area contributed by atoms with Gasteiger partial charge in [-0.1, -0.05) is 37.5 Å². The maximum atomic E-state index is 12.2. The van der Waals surface area contributed by atoms with Gasteiger partial charge in [-0.05, 0) is 25.0 Å². The van der Waals surface area contributed by atoms with Crippen LogP contribution in [0.4, 0.5) is 15.3 Å². The summed E-state index contributed by atoms with van der Waals surface area (Å²) in [5.74, 6) is 0. The first-order valence-corrected chi connectivity index (χ1v) is 10.0. The summed E-state index contributed by atoms with van der Waals surface area (Å²) in [6, 6.07) is 8.81. The van der Waals surface area contributed by atoms with E-state index in [0.717, 1.165) is 25.7 Å². The SMILES string of the molecule is O=C(Nc1ccccc1)N[C@H]1CO[C@H]2[C@@H]1OC[C@H]2OC(=O)NC1CCCCC1. The number of hydrogen-bond donors (Lipinski definition) is 3. The molecule has 8 heteroatoms. The third-order valence-electron chi connectivity index (χ3n) is 5.54. The largest absolute Gasteiger partial charge is 0.441 e. The molecule has 0 aromatic heterocycles. The molecule has 3 aliphatic rings. The minimum absolute atomic E-state index is 0.194. The number of carbonyl (C=O) groups excluding carboxylic acids is 2. The second-order valence-corrected chi connectivity index (χ2v) is 7.59. The number of nitrogens with one attached hydrogen (secondary N) is 3. The number of hydrogen-bond acceptors (Lipinski definition) is 5. The Hall–Kier alpha value is -2.32. The van der Waals surface area contributed by atoms with E-state index in [4.69, 9.17) is 14.2 Å². The fourth-order valence-corrected chi connectivity index (χ4v) is 4.13. The van der Waals surface area contributed by atoms with Crippen molar-refractivity contribution in [2.75, 3.05) is 18.5 Å². The van der Waals surface area contributed by atoms with E-state index in [1.54, 1.807) is 0 Å². The Kier molecular flexibility index (Phi) is 5.97. The molecule has 2 heterocycles. The first-order valence-electron chi connectivity index (χ1n) is 10.0. The van der Waals surface area contributed by atoms with Crippen LogP contribution in [0.25, 0.3) is 0 Å². The molecule has 2 aliphatic heterocycles. The molecule has 8 nitrogen and oxygen atoms in total. The maximum Gasteiger partial charge on any atom is 0.407 e. The molecule has 152 valence electrons. The van der Waals surface area contributed by atoms with E-state index < -0.39 is 12.2 Å². The van der Waals surface area contributed by atoms with Crippen LogP contribution < -0.4 is 16.0 Å². The Morgan fingerprint density at radius 2 is 1.68 bits per heavy atom. The number of para-hydroxylation sites is 1. The van der Waals surface area contributed by atoms with Crippen molar-refractivity contribution in [2.45, 2.75) is 62.5 Å². The minimum Gasteiger partial charge on any atom is -0.441 e. The molecule has 3 fully saturated rings. The summed E-state index contributed by atoms with van der Waals surface area (Å²) in [7, 11) is 0. The molecule has 0 spiro atoms. The van der Waals surface area contributed by atoms with E-state index in [9.17, 15) is 9.59 Å². The molecule has 4 rings (SSSR count). The van der Waals surface area contributed by atoms with Crippen molar-refractivity contribution in [3.05, 3.63) is 30.3 Å². The highest BCUT2D eigenvalue weighted by molar-refractivity contribution is 5.89. The van der Waals surface area contributed by atoms with Crippen molar-refractivity contribution in [3.8, 4) is 0 Å². The molecular weight excluding hydrogens is 362 g/mol. The number of amides is 3. The second kappa shape index (κ2) is 8.79. The zero-order chi connectivity index (χ0) is 19.3. The highest BCUT2D eigenvalue weighted by Crippen LogP contribution is 2.29. The van der Waals surface area contributed by atoms with Gasteiger partial charge in [0, 0.05) is 11.7 Å². The van der Waals surface area contributed by atoms with Gasteiger partial charge in [0.2, 0.25) is 0 Å². The van der Waals surface area contributed by atoms with Crippen molar-refractivity contribution in [3.63, 3.8) is 0 Å². The van der Waals surface area contributed by atoms with Gasteiger partial charge in [0.1, 0.15) is 12.2 Å². The summed E-state index contributed by atoms with van der Waals surface area (Å²) < 4.78 is 17.1. The van der Waals surface area contributed by atoms with E-state index >= 15 is 0 Å². The molecule has 0 unspecified atom stereocenters. The van der Waals surface area contributed by atoms with Crippen LogP contribution in [-0.2, 0) is 14.2 Å². The van der Waals surface area contributed by atoms with Gasteiger partial charge in [0.15, 0.2) is 6.10 Å². The van der Waals surface area contributed by atoms with Crippen LogP contribution in [-0.4, -0.2) is 55.7 Å². The number of anilines is 1. The maximum absolute atomic E-state index is 12.2. The lowest BCUT2D eigenvalue weighted by atomic mass is 9.96. The fourth-order valence-electron chi connectivity index (χ4n) is 4.13. The predicted molar refractivity (Wildman–Crippen MR) is 102 cm³/mol. The Labute approximate surface area is 164 Å². The quantitative estimate of drug-likeness (QED) is 0.735. The van der Waals surface area contributed by atoms with Gasteiger partial charge in [-0.2, -0.15) is 0 Å². The Morgan fingerprint density at radius 1 is 0.929 bits per heavy atom. The van der Waals surface area contributed by atoms with E-state index in [2.05, 4.69) is 16.0 Å². The zero-order valence-corrected chi connectivity index (χ0v) is 15.8. The van der Waals surface area contributed by atoms with Crippen molar-refractivity contribution >= 4 is 17.8 Å². The molecule has 3 amide bonds. The lowest BCUT2D eigenvalue weighted by molar-refractivity contribution is 0.00271. The van der Waals surface area contributed by atoms with Gasteiger partial charge in [-0.25, -0.2) is 9.59 Å². The van der Waals surface area contributed by atoms with E-state index in [-0.39, 0.29) is 36.9 Å². The molecule has 1 aliphatic carbocycles. The number of urea groups is 1. The average molecular weight is 389 g/mol. The van der Waals surface area contributed by atoms with Crippen molar-refractivity contribution < 1.29 is 23.8 Å². The van der Waals surface area contributed by atoms with Crippen molar-refractivity contribution in [1.82, 2.24) is 10.6 Å². The summed E-state index contributed by atoms with van der Waals surface area (Å²) in [6.07, 6.45) is 3.96. The highest BCUT2D eigenvalue weighted by Gasteiger charge is 2.50. The van der Waals surface area contributed by atoms with Gasteiger partial charge < -0.3 is 30.2 Å². The van der Waals surface area contributed by atoms with Crippen molar-refractivity contribution in [1.29, 1.82) is 0 Å². The minimum atomic E-state index is -0.461. The van der Waals surface area contributed by atoms with Gasteiger partial charge in [-0.3, -0.25) is 0 Å². The van der Waals surface area contributed by atoms with Crippen LogP contribution >= 0.6 is 0 Å². The molecule has 4 atom stereocenters. The lowest BCUT2D eigenvalue weighted by Gasteiger charge is -2.24. The molecule has 0 radical (unpaired) electrons. The summed E-state index contributed by atoms with van der Waals surface area (Å²) in [6.45, 7) is 0.591. The van der Waals surface area contributed by atoms with Crippen molar-refractivity contribution in [2.24, 2.45) is 0 Å². The second-order valence-electron chi connectivity index (χ2n) is 7.59. The summed E-state index contributed by atoms with van der Waals surface area (Å²) in [4.78, 5) is 24.4. The number of ether oxygens (including phenoxy) is 3. The first kappa shape index (κ1) is 19.0. The van der Waals surface area contributed by atoms with E-state index in [0.29, 0.717) is 12.3 Å². The lowest BCUT2D eigenvalue weighted by Crippen LogP contribution is -2.46. The van der Waals surface area contributed by atoms with Crippen LogP contribution in [0.5, 0.6) is 0 Å². The highest BCUT2D eigenvalue weighted by atomic mass is 16.6. The molecule has 28 heavy (non-hydrogen) atoms. The number of alkyl carbamates (subject to hydrolysis) is 1. The van der Waals surface area contributed by atoms with Gasteiger partial charge in [0.25, 0.3) is 0 Å². The third-order valence-corrected chi connectivity index (χ3v) is 5.54. The van der Waals surface area contributed by atoms with Gasteiger partial charge in [0.05, 0.1) is 19.3 Å². The molecule has 1 aromatic rings. The van der Waals surface area contributed by atoms with Crippen LogP contribution in [0, 0.1) is 0 Å². The molecule has 1 saturated carbocycles. The Balaban J connectivity index is 1.24. The third kappa shape index (κ3) is 4.56. The van der Waals surface area contributed by atoms with Gasteiger partial charge >= 0.3 is 12.1 Å². The van der Waals surface area contributed by atoms with Crippen LogP contribution in [0.1, 0.15) is 32.1 Å². The summed E-state index contributed by atoms with van der Waals surface area (Å²) >= 11 is 0. The van der Waals surface area contributed by atoms with Crippen LogP contribution in [0.3, 0.4) is 0 Å². The standard InChI is InChI=1S/C20H27N3O5/c24-19(21-13-7-3-1-4-8-13)23-15-11-26-18-16(12-27-17(15)18)28-20(25)22-14-9-5-2-6-10-14/h1,3-4,7-8,14-18H,2,5-6,9-12H2,(H,22,25)(H2,21,23,24)/t15-,16+,17+,18+/m0/s1. The van der Waals surface area contributed by atoms with Crippen LogP contribution in [0.15, 0.2) is 30.3 Å². The molecule has 0 bridgehead atoms. The average Bonchev–Trinajstić information content (AvgIpc) is 3.27. The smallest absolute Gasteiger partial charge is 0.407 e. The fraction of sp³-hybridized carbons (Fsp3) is 0.600. The van der Waals surface area contributed by atoms with E-state index in [1.807, 2.05) is 30.3 Å². The zero-order valence-electron chi connectivity index (χ0n) is 15.8.